The Kier molecular flexibility index (Phi) is 4.51. The lowest BCUT2D eigenvalue weighted by Gasteiger charge is -2.08. The van der Waals surface area contributed by atoms with Gasteiger partial charge in [0.2, 0.25) is 11.6 Å². The van der Waals surface area contributed by atoms with E-state index in [1.165, 1.54) is 12.4 Å². The van der Waals surface area contributed by atoms with Crippen LogP contribution in [0.15, 0.2) is 29.0 Å². The molecular formula is C12H9BrClN3O3. The highest BCUT2D eigenvalue weighted by Crippen LogP contribution is 2.36. The molecule has 2 aromatic rings. The van der Waals surface area contributed by atoms with Gasteiger partial charge in [-0.25, -0.2) is 9.97 Å². The molecule has 1 aromatic heterocycles. The molecule has 0 bridgehead atoms. The molecule has 104 valence electrons. The van der Waals surface area contributed by atoms with Crippen LogP contribution in [0.4, 0.5) is 5.69 Å². The van der Waals surface area contributed by atoms with Crippen molar-refractivity contribution in [1.82, 2.24) is 9.97 Å². The molecule has 1 aromatic carbocycles. The van der Waals surface area contributed by atoms with Crippen LogP contribution in [-0.4, -0.2) is 14.9 Å². The minimum Gasteiger partial charge on any atom is -0.430 e. The first-order valence-corrected chi connectivity index (χ1v) is 6.81. The molecule has 2 rings (SSSR count). The number of ether oxygens (including phenoxy) is 1. The van der Waals surface area contributed by atoms with Crippen molar-refractivity contribution in [3.05, 3.63) is 49.8 Å². The molecule has 0 aliphatic heterocycles. The molecule has 6 nitrogen and oxygen atoms in total. The van der Waals surface area contributed by atoms with E-state index >= 15 is 0 Å². The van der Waals surface area contributed by atoms with Crippen molar-refractivity contribution in [2.24, 2.45) is 0 Å². The van der Waals surface area contributed by atoms with Crippen LogP contribution in [0.5, 0.6) is 11.6 Å². The van der Waals surface area contributed by atoms with Crippen molar-refractivity contribution in [3.63, 3.8) is 0 Å². The van der Waals surface area contributed by atoms with E-state index in [2.05, 4.69) is 25.9 Å². The topological polar surface area (TPSA) is 78.2 Å². The number of aryl methyl sites for hydroxylation is 1. The minimum absolute atomic E-state index is 0.0997. The van der Waals surface area contributed by atoms with E-state index in [9.17, 15) is 10.1 Å². The van der Waals surface area contributed by atoms with E-state index in [0.29, 0.717) is 10.9 Å². The summed E-state index contributed by atoms with van der Waals surface area (Å²) in [7, 11) is 0. The summed E-state index contributed by atoms with van der Waals surface area (Å²) in [4.78, 5) is 18.2. The van der Waals surface area contributed by atoms with E-state index in [-0.39, 0.29) is 22.5 Å². The normalized spacial score (nSPS) is 10.3. The third-order valence-corrected chi connectivity index (χ3v) is 3.78. The zero-order valence-corrected chi connectivity index (χ0v) is 12.7. The van der Waals surface area contributed by atoms with Gasteiger partial charge in [0.05, 0.1) is 4.92 Å². The molecule has 20 heavy (non-hydrogen) atoms. The first kappa shape index (κ1) is 14.7. The summed E-state index contributed by atoms with van der Waals surface area (Å²) in [5, 5.41) is 11.3. The molecule has 8 heteroatoms. The second kappa shape index (κ2) is 6.15. The van der Waals surface area contributed by atoms with Crippen LogP contribution < -0.4 is 4.74 Å². The molecule has 1 heterocycles. The van der Waals surface area contributed by atoms with Gasteiger partial charge in [-0.3, -0.25) is 10.1 Å². The van der Waals surface area contributed by atoms with Gasteiger partial charge in [0.1, 0.15) is 10.8 Å². The lowest BCUT2D eigenvalue weighted by molar-refractivity contribution is -0.385. The summed E-state index contributed by atoms with van der Waals surface area (Å²) < 4.78 is 5.80. The second-order valence-electron chi connectivity index (χ2n) is 3.80. The molecule has 0 fully saturated rings. The van der Waals surface area contributed by atoms with Crippen LogP contribution in [0.1, 0.15) is 12.5 Å². The lowest BCUT2D eigenvalue weighted by Crippen LogP contribution is -1.97. The van der Waals surface area contributed by atoms with Crippen molar-refractivity contribution >= 4 is 33.2 Å². The highest BCUT2D eigenvalue weighted by atomic mass is 79.9. The van der Waals surface area contributed by atoms with E-state index in [1.807, 2.05) is 6.92 Å². The van der Waals surface area contributed by atoms with Crippen LogP contribution in [0.3, 0.4) is 0 Å². The average molecular weight is 359 g/mol. The minimum atomic E-state index is -0.495. The van der Waals surface area contributed by atoms with Crippen molar-refractivity contribution in [2.45, 2.75) is 13.3 Å². The maximum absolute atomic E-state index is 11.1. The third kappa shape index (κ3) is 3.05. The van der Waals surface area contributed by atoms with Crippen LogP contribution in [0, 0.1) is 10.1 Å². The number of benzene rings is 1. The van der Waals surface area contributed by atoms with E-state index in [0.717, 1.165) is 5.56 Å². The number of nitro benzene ring substituents is 1. The fourth-order valence-corrected chi connectivity index (χ4v) is 1.93. The fourth-order valence-electron chi connectivity index (χ4n) is 1.52. The van der Waals surface area contributed by atoms with Gasteiger partial charge in [0, 0.05) is 6.07 Å². The predicted octanol–water partition coefficient (Wildman–Crippen LogP) is 4.16. The monoisotopic (exact) mass is 357 g/mol. The summed E-state index contributed by atoms with van der Waals surface area (Å²) in [6.45, 7) is 1.92. The number of hydrogen-bond donors (Lipinski definition) is 0. The Bertz CT molecular complexity index is 666. The Morgan fingerprint density at radius 1 is 1.45 bits per heavy atom. The van der Waals surface area contributed by atoms with Crippen molar-refractivity contribution in [1.29, 1.82) is 0 Å². The number of halogens is 2. The van der Waals surface area contributed by atoms with Gasteiger partial charge < -0.3 is 4.74 Å². The van der Waals surface area contributed by atoms with Crippen molar-refractivity contribution < 1.29 is 9.66 Å². The Hall–Kier alpha value is -1.73. The Morgan fingerprint density at radius 3 is 2.85 bits per heavy atom. The second-order valence-corrected chi connectivity index (χ2v) is 4.95. The van der Waals surface area contributed by atoms with Crippen molar-refractivity contribution in [2.75, 3.05) is 0 Å². The van der Waals surface area contributed by atoms with E-state index in [1.54, 1.807) is 12.1 Å². The summed E-state index contributed by atoms with van der Waals surface area (Å²) in [5.74, 6) is 0.222. The number of nitrogens with zero attached hydrogens (tertiary/aromatic N) is 3. The summed E-state index contributed by atoms with van der Waals surface area (Å²) >= 11 is 8.99. The lowest BCUT2D eigenvalue weighted by atomic mass is 10.1. The molecule has 0 amide bonds. The van der Waals surface area contributed by atoms with Gasteiger partial charge in [-0.15, -0.1) is 0 Å². The maximum atomic E-state index is 11.1. The summed E-state index contributed by atoms with van der Waals surface area (Å²) in [5.41, 5.74) is 0.731. The Morgan fingerprint density at radius 2 is 2.20 bits per heavy atom. The number of nitro groups is 1. The van der Waals surface area contributed by atoms with Gasteiger partial charge in [0.25, 0.3) is 0 Å². The zero-order chi connectivity index (χ0) is 14.7. The smallest absolute Gasteiger partial charge is 0.311 e. The maximum Gasteiger partial charge on any atom is 0.311 e. The molecule has 0 aliphatic carbocycles. The van der Waals surface area contributed by atoms with Gasteiger partial charge in [-0.1, -0.05) is 24.6 Å². The van der Waals surface area contributed by atoms with Gasteiger partial charge in [-0.05, 0) is 34.0 Å². The van der Waals surface area contributed by atoms with Gasteiger partial charge in [-0.2, -0.15) is 0 Å². The number of rotatable bonds is 4. The van der Waals surface area contributed by atoms with Crippen LogP contribution in [0.2, 0.25) is 5.15 Å². The standard InChI is InChI=1S/C12H9BrClN3O3/c1-2-7-3-4-9(8(5-7)17(18)19)20-12-10(13)11(14)15-6-16-12/h3-6H,2H2,1H3. The fraction of sp³-hybridized carbons (Fsp3) is 0.167. The van der Waals surface area contributed by atoms with Gasteiger partial charge >= 0.3 is 5.69 Å². The first-order chi connectivity index (χ1) is 9.52. The van der Waals surface area contributed by atoms with E-state index in [4.69, 9.17) is 16.3 Å². The van der Waals surface area contributed by atoms with Crippen LogP contribution >= 0.6 is 27.5 Å². The number of aromatic nitrogens is 2. The zero-order valence-electron chi connectivity index (χ0n) is 10.3. The average Bonchev–Trinajstić information content (AvgIpc) is 2.44. The largest absolute Gasteiger partial charge is 0.430 e. The van der Waals surface area contributed by atoms with Crippen LogP contribution in [0.25, 0.3) is 0 Å². The highest BCUT2D eigenvalue weighted by molar-refractivity contribution is 9.10. The molecule has 0 unspecified atom stereocenters. The first-order valence-electron chi connectivity index (χ1n) is 5.64. The van der Waals surface area contributed by atoms with Gasteiger partial charge in [0.15, 0.2) is 5.15 Å². The molecule has 0 N–H and O–H groups in total. The Labute approximate surface area is 128 Å². The molecule has 0 aliphatic rings. The molecular weight excluding hydrogens is 350 g/mol. The summed E-state index contributed by atoms with van der Waals surface area (Å²) in [6.07, 6.45) is 1.92. The highest BCUT2D eigenvalue weighted by Gasteiger charge is 2.18. The number of hydrogen-bond acceptors (Lipinski definition) is 5. The SMILES string of the molecule is CCc1ccc(Oc2ncnc(Cl)c2Br)c([N+](=O)[O-])c1. The summed E-state index contributed by atoms with van der Waals surface area (Å²) in [6, 6.07) is 4.78. The van der Waals surface area contributed by atoms with Crippen LogP contribution in [-0.2, 0) is 6.42 Å². The molecule has 0 spiro atoms. The molecule has 0 radical (unpaired) electrons. The molecule has 0 atom stereocenters. The van der Waals surface area contributed by atoms with Crippen molar-refractivity contribution in [3.8, 4) is 11.6 Å². The molecule has 0 saturated carbocycles. The van der Waals surface area contributed by atoms with E-state index < -0.39 is 4.92 Å². The third-order valence-electron chi connectivity index (χ3n) is 2.55. The Balaban J connectivity index is 2.43. The predicted molar refractivity (Wildman–Crippen MR) is 77.3 cm³/mol. The quantitative estimate of drug-likeness (QED) is 0.466. The molecule has 0 saturated heterocycles.